The molecule has 0 bridgehead atoms. The van der Waals surface area contributed by atoms with Crippen molar-refractivity contribution in [2.45, 2.75) is 0 Å². The van der Waals surface area contributed by atoms with Crippen LogP contribution >= 0.6 is 0 Å². The number of rotatable bonds is 4. The molecule has 0 atom stereocenters. The molecular weight excluding hydrogens is 725 g/mol. The van der Waals surface area contributed by atoms with Gasteiger partial charge in [0, 0.05) is 38.4 Å². The molecule has 2 nitrogen and oxygen atoms in total. The van der Waals surface area contributed by atoms with Gasteiger partial charge in [0.2, 0.25) is 0 Å². The van der Waals surface area contributed by atoms with Crippen LogP contribution in [0.15, 0.2) is 218 Å². The number of nitrogens with zero attached hydrogens (tertiary/aromatic N) is 2. The Kier molecular flexibility index (Phi) is 7.05. The number of hydrogen-bond acceptors (Lipinski definition) is 0. The van der Waals surface area contributed by atoms with Gasteiger partial charge in [-0.25, -0.2) is 0 Å². The first-order valence-electron chi connectivity index (χ1n) is 20.8. The molecule has 0 fully saturated rings. The Balaban J connectivity index is 0.914. The number of para-hydroxylation sites is 2. The van der Waals surface area contributed by atoms with E-state index in [0.29, 0.717) is 0 Å². The normalized spacial score (nSPS) is 12.0. The molecule has 0 spiro atoms. The minimum absolute atomic E-state index is 1.16. The minimum Gasteiger partial charge on any atom is -0.309 e. The lowest BCUT2D eigenvalue weighted by molar-refractivity contribution is 1.18. The van der Waals surface area contributed by atoms with Gasteiger partial charge >= 0.3 is 0 Å². The van der Waals surface area contributed by atoms with Gasteiger partial charge in [-0.3, -0.25) is 0 Å². The molecule has 0 N–H and O–H groups in total. The monoisotopic (exact) mass is 760 g/mol. The Morgan fingerprint density at radius 2 is 0.750 bits per heavy atom. The van der Waals surface area contributed by atoms with Gasteiger partial charge in [-0.05, 0) is 110 Å². The Morgan fingerprint density at radius 3 is 1.52 bits per heavy atom. The van der Waals surface area contributed by atoms with Crippen LogP contribution in [0.25, 0.3) is 121 Å². The van der Waals surface area contributed by atoms with Gasteiger partial charge in [0.1, 0.15) is 0 Å². The van der Waals surface area contributed by atoms with E-state index in [-0.39, 0.29) is 0 Å². The van der Waals surface area contributed by atoms with Gasteiger partial charge in [0.05, 0.1) is 27.8 Å². The summed E-state index contributed by atoms with van der Waals surface area (Å²) >= 11 is 0. The molecule has 2 aromatic heterocycles. The maximum atomic E-state index is 2.52. The zero-order chi connectivity index (χ0) is 39.3. The Hall–Kier alpha value is -7.94. The van der Waals surface area contributed by atoms with Crippen molar-refractivity contribution in [3.05, 3.63) is 218 Å². The Bertz CT molecular complexity index is 3700. The van der Waals surface area contributed by atoms with Crippen molar-refractivity contribution in [3.63, 3.8) is 0 Å². The maximum Gasteiger partial charge on any atom is 0.0619 e. The quantitative estimate of drug-likeness (QED) is 0.169. The molecule has 0 amide bonds. The second kappa shape index (κ2) is 12.8. The lowest BCUT2D eigenvalue weighted by Crippen LogP contribution is -1.96. The lowest BCUT2D eigenvalue weighted by atomic mass is 9.92. The number of fused-ring (bicyclic) bond motifs is 12. The number of benzene rings is 10. The van der Waals surface area contributed by atoms with E-state index in [0.717, 1.165) is 5.69 Å². The van der Waals surface area contributed by atoms with Gasteiger partial charge in [0.15, 0.2) is 0 Å². The van der Waals surface area contributed by atoms with Gasteiger partial charge in [0.25, 0.3) is 0 Å². The first-order chi connectivity index (χ1) is 29.7. The van der Waals surface area contributed by atoms with E-state index in [9.17, 15) is 0 Å². The lowest BCUT2D eigenvalue weighted by Gasteiger charge is -2.14. The van der Waals surface area contributed by atoms with Gasteiger partial charge in [-0.15, -0.1) is 0 Å². The van der Waals surface area contributed by atoms with Crippen molar-refractivity contribution < 1.29 is 0 Å². The summed E-state index contributed by atoms with van der Waals surface area (Å²) in [5, 5.41) is 7.55. The first kappa shape index (κ1) is 33.1. The van der Waals surface area contributed by atoms with E-state index >= 15 is 0 Å². The van der Waals surface area contributed by atoms with Crippen LogP contribution in [0.1, 0.15) is 0 Å². The zero-order valence-corrected chi connectivity index (χ0v) is 32.7. The smallest absolute Gasteiger partial charge is 0.0619 e. The Morgan fingerprint density at radius 1 is 0.250 bits per heavy atom. The van der Waals surface area contributed by atoms with Crippen LogP contribution in [0, 0.1) is 0 Å². The molecule has 13 rings (SSSR count). The zero-order valence-electron chi connectivity index (χ0n) is 32.7. The van der Waals surface area contributed by atoms with Crippen molar-refractivity contribution in [2.75, 3.05) is 0 Å². The van der Waals surface area contributed by atoms with E-state index in [1.165, 1.54) is 116 Å². The Labute approximate surface area is 347 Å². The second-order valence-corrected chi connectivity index (χ2v) is 16.1. The summed E-state index contributed by atoms with van der Waals surface area (Å²) in [4.78, 5) is 0. The average Bonchev–Trinajstić information content (AvgIpc) is 3.80. The summed E-state index contributed by atoms with van der Waals surface area (Å²) in [6, 6.07) is 80.5. The molecule has 12 aromatic rings. The fourth-order valence-electron chi connectivity index (χ4n) is 10.0. The van der Waals surface area contributed by atoms with Crippen molar-refractivity contribution in [1.82, 2.24) is 9.13 Å². The number of hydrogen-bond donors (Lipinski definition) is 0. The van der Waals surface area contributed by atoms with Gasteiger partial charge in [-0.2, -0.15) is 0 Å². The van der Waals surface area contributed by atoms with Crippen LogP contribution in [0.5, 0.6) is 0 Å². The van der Waals surface area contributed by atoms with Crippen molar-refractivity contribution in [1.29, 1.82) is 0 Å². The molecule has 0 aliphatic carbocycles. The molecule has 0 saturated heterocycles. The highest BCUT2D eigenvalue weighted by Crippen LogP contribution is 2.48. The largest absolute Gasteiger partial charge is 0.309 e. The third-order valence-corrected chi connectivity index (χ3v) is 12.8. The van der Waals surface area contributed by atoms with Crippen LogP contribution in [-0.4, -0.2) is 9.13 Å². The van der Waals surface area contributed by atoms with Crippen LogP contribution in [-0.2, 0) is 0 Å². The molecule has 0 unspecified atom stereocenters. The average molecular weight is 761 g/mol. The van der Waals surface area contributed by atoms with Crippen LogP contribution in [0.2, 0.25) is 0 Å². The molecule has 0 radical (unpaired) electrons. The first-order valence-corrected chi connectivity index (χ1v) is 20.8. The van der Waals surface area contributed by atoms with Gasteiger partial charge < -0.3 is 9.13 Å². The molecule has 60 heavy (non-hydrogen) atoms. The predicted molar refractivity (Wildman–Crippen MR) is 253 cm³/mol. The van der Waals surface area contributed by atoms with E-state index in [1.807, 2.05) is 0 Å². The summed E-state index contributed by atoms with van der Waals surface area (Å²) in [6.07, 6.45) is 0. The van der Waals surface area contributed by atoms with E-state index in [1.54, 1.807) is 0 Å². The summed E-state index contributed by atoms with van der Waals surface area (Å²) in [5.74, 6) is 0. The van der Waals surface area contributed by atoms with E-state index in [4.69, 9.17) is 0 Å². The van der Waals surface area contributed by atoms with Crippen molar-refractivity contribution in [2.24, 2.45) is 0 Å². The highest BCUT2D eigenvalue weighted by Gasteiger charge is 2.25. The molecule has 0 saturated carbocycles. The van der Waals surface area contributed by atoms with Crippen LogP contribution in [0.3, 0.4) is 0 Å². The predicted octanol–water partition coefficient (Wildman–Crippen LogP) is 15.7. The highest BCUT2D eigenvalue weighted by atomic mass is 15.0. The van der Waals surface area contributed by atoms with Gasteiger partial charge in [-0.1, -0.05) is 164 Å². The third kappa shape index (κ3) is 4.88. The summed E-state index contributed by atoms with van der Waals surface area (Å²) < 4.78 is 4.92. The maximum absolute atomic E-state index is 2.52. The molecular formula is C58H36N2. The molecule has 10 aromatic carbocycles. The molecule has 1 aliphatic rings. The second-order valence-electron chi connectivity index (χ2n) is 16.1. The fraction of sp³-hybridized carbons (Fsp3) is 0. The molecule has 2 heteroatoms. The van der Waals surface area contributed by atoms with Crippen LogP contribution < -0.4 is 0 Å². The molecule has 1 aliphatic heterocycles. The molecule has 278 valence electrons. The number of aromatic nitrogens is 2. The van der Waals surface area contributed by atoms with E-state index in [2.05, 4.69) is 228 Å². The minimum atomic E-state index is 1.16. The molecule has 3 heterocycles. The van der Waals surface area contributed by atoms with E-state index < -0.39 is 0 Å². The summed E-state index contributed by atoms with van der Waals surface area (Å²) in [7, 11) is 0. The standard InChI is InChI=1S/C58H36N2/c1-2-12-37(13-3-1)40-16-10-17-45(32-40)59-54-23-9-8-20-48(54)52-34-43(28-30-55(52)59)38-24-26-39(27-25-38)44-29-31-56-53(35-44)50-22-11-21-49-46-18-6-7-19-47(46)51-33-41-14-4-5-15-42(41)36-57(51)60(56)58(49)50/h1-36H. The van der Waals surface area contributed by atoms with Crippen molar-refractivity contribution in [3.8, 4) is 67.0 Å². The third-order valence-electron chi connectivity index (χ3n) is 12.8. The topological polar surface area (TPSA) is 9.86 Å². The summed E-state index contributed by atoms with van der Waals surface area (Å²) in [6.45, 7) is 0. The van der Waals surface area contributed by atoms with Crippen LogP contribution in [0.4, 0.5) is 0 Å². The SMILES string of the molecule is c1ccc(-c2cccc(-n3c4ccccc4c4cc(-c5ccc(-c6ccc7c(c6)c6cccc8c6n7-c6cc7ccccc7cc6-c6ccccc6-8)cc5)ccc43)c2)cc1. The van der Waals surface area contributed by atoms with Crippen molar-refractivity contribution >= 4 is 54.4 Å². The summed E-state index contributed by atoms with van der Waals surface area (Å²) in [5.41, 5.74) is 19.6. The highest BCUT2D eigenvalue weighted by molar-refractivity contribution is 6.18. The fourth-order valence-corrected chi connectivity index (χ4v) is 10.0.